The molecule has 0 N–H and O–H groups in total. The molecular formula is C10H17. The van der Waals surface area contributed by atoms with Crippen molar-refractivity contribution < 1.29 is 0 Å². The van der Waals surface area contributed by atoms with Gasteiger partial charge in [-0.3, -0.25) is 0 Å². The van der Waals surface area contributed by atoms with E-state index >= 15 is 0 Å². The highest BCUT2D eigenvalue weighted by Gasteiger charge is 2.11. The van der Waals surface area contributed by atoms with Gasteiger partial charge in [0.25, 0.3) is 0 Å². The molecule has 0 aromatic rings. The Labute approximate surface area is 64.6 Å². The summed E-state index contributed by atoms with van der Waals surface area (Å²) in [6.45, 7) is 16.1. The minimum atomic E-state index is 0.251. The standard InChI is InChI=1S/C10H17/c1-8(2)7-9(3)10(4,5)6/h1,7H,2-6H3. The Morgan fingerprint density at radius 1 is 1.20 bits per heavy atom. The first kappa shape index (κ1) is 9.48. The van der Waals surface area contributed by atoms with Crippen molar-refractivity contribution in [2.75, 3.05) is 0 Å². The summed E-state index contributed by atoms with van der Waals surface area (Å²) < 4.78 is 0. The van der Waals surface area contributed by atoms with Crippen LogP contribution in [0.25, 0.3) is 0 Å². The Balaban J connectivity index is 4.35. The van der Waals surface area contributed by atoms with Crippen LogP contribution in [0.15, 0.2) is 17.2 Å². The van der Waals surface area contributed by atoms with Gasteiger partial charge in [-0.2, -0.15) is 0 Å². The molecule has 0 rings (SSSR count). The van der Waals surface area contributed by atoms with Crippen LogP contribution in [-0.4, -0.2) is 0 Å². The van der Waals surface area contributed by atoms with E-state index in [9.17, 15) is 0 Å². The lowest BCUT2D eigenvalue weighted by atomic mass is 9.87. The summed E-state index contributed by atoms with van der Waals surface area (Å²) in [5.41, 5.74) is 2.46. The van der Waals surface area contributed by atoms with Gasteiger partial charge in [0.15, 0.2) is 0 Å². The van der Waals surface area contributed by atoms with Crippen LogP contribution in [0.5, 0.6) is 0 Å². The third-order valence-corrected chi connectivity index (χ3v) is 1.63. The van der Waals surface area contributed by atoms with Crippen molar-refractivity contribution in [1.29, 1.82) is 0 Å². The van der Waals surface area contributed by atoms with Gasteiger partial charge in [-0.1, -0.05) is 44.6 Å². The second kappa shape index (κ2) is 3.05. The molecule has 0 aliphatic heterocycles. The van der Waals surface area contributed by atoms with Crippen LogP contribution in [0, 0.1) is 12.0 Å². The van der Waals surface area contributed by atoms with E-state index in [-0.39, 0.29) is 5.41 Å². The summed E-state index contributed by atoms with van der Waals surface area (Å²) in [5.74, 6) is 0. The molecule has 0 unspecified atom stereocenters. The maximum absolute atomic E-state index is 5.53. The summed E-state index contributed by atoms with van der Waals surface area (Å²) in [6.07, 6.45) is 2.03. The topological polar surface area (TPSA) is 0 Å². The van der Waals surface area contributed by atoms with Crippen LogP contribution in [0.3, 0.4) is 0 Å². The summed E-state index contributed by atoms with van der Waals surface area (Å²) in [5, 5.41) is 0. The Morgan fingerprint density at radius 2 is 1.60 bits per heavy atom. The van der Waals surface area contributed by atoms with Gasteiger partial charge in [-0.25, -0.2) is 0 Å². The highest BCUT2D eigenvalue weighted by molar-refractivity contribution is 5.19. The SMILES string of the molecule is [CH]=C(C)C=C(C)C(C)(C)C. The van der Waals surface area contributed by atoms with Gasteiger partial charge in [0, 0.05) is 0 Å². The molecule has 0 spiro atoms. The molecule has 10 heavy (non-hydrogen) atoms. The van der Waals surface area contributed by atoms with E-state index in [1.807, 2.05) is 13.0 Å². The van der Waals surface area contributed by atoms with Crippen LogP contribution in [0.1, 0.15) is 34.6 Å². The molecule has 0 heterocycles. The molecule has 0 aliphatic rings. The van der Waals surface area contributed by atoms with Crippen molar-refractivity contribution in [2.24, 2.45) is 5.41 Å². The molecule has 0 atom stereocenters. The second-order valence-corrected chi connectivity index (χ2v) is 3.82. The molecule has 1 radical (unpaired) electrons. The van der Waals surface area contributed by atoms with Crippen molar-refractivity contribution in [3.8, 4) is 0 Å². The van der Waals surface area contributed by atoms with E-state index in [0.717, 1.165) is 5.57 Å². The molecule has 0 bridgehead atoms. The predicted octanol–water partition coefficient (Wildman–Crippen LogP) is 3.36. The molecule has 0 nitrogen and oxygen atoms in total. The fourth-order valence-corrected chi connectivity index (χ4v) is 0.558. The zero-order chi connectivity index (χ0) is 8.36. The van der Waals surface area contributed by atoms with E-state index in [0.29, 0.717) is 0 Å². The molecule has 57 valence electrons. The molecule has 0 saturated carbocycles. The highest BCUT2D eigenvalue weighted by Crippen LogP contribution is 2.24. The van der Waals surface area contributed by atoms with E-state index in [4.69, 9.17) is 6.58 Å². The van der Waals surface area contributed by atoms with E-state index in [2.05, 4.69) is 27.7 Å². The molecule has 0 saturated heterocycles. The predicted molar refractivity (Wildman–Crippen MR) is 46.7 cm³/mol. The lowest BCUT2D eigenvalue weighted by Crippen LogP contribution is -2.06. The summed E-state index contributed by atoms with van der Waals surface area (Å²) >= 11 is 0. The number of allylic oxidation sites excluding steroid dienone is 3. The third-order valence-electron chi connectivity index (χ3n) is 1.63. The number of rotatable bonds is 1. The number of hydrogen-bond acceptors (Lipinski definition) is 0. The van der Waals surface area contributed by atoms with Gasteiger partial charge in [0.05, 0.1) is 0 Å². The Hall–Kier alpha value is -0.520. The largest absolute Gasteiger partial charge is 0.0677 e. The maximum Gasteiger partial charge on any atom is -0.0173 e. The molecule has 0 aromatic carbocycles. The smallest absolute Gasteiger partial charge is 0.0173 e. The van der Waals surface area contributed by atoms with Gasteiger partial charge < -0.3 is 0 Å². The van der Waals surface area contributed by atoms with Gasteiger partial charge in [0.2, 0.25) is 0 Å². The summed E-state index contributed by atoms with van der Waals surface area (Å²) in [7, 11) is 0. The van der Waals surface area contributed by atoms with Crippen molar-refractivity contribution in [1.82, 2.24) is 0 Å². The van der Waals surface area contributed by atoms with E-state index in [1.165, 1.54) is 5.57 Å². The Kier molecular flexibility index (Phi) is 2.89. The molecule has 0 aromatic heterocycles. The van der Waals surface area contributed by atoms with Crippen molar-refractivity contribution in [3.05, 3.63) is 23.8 Å². The second-order valence-electron chi connectivity index (χ2n) is 3.82. The summed E-state index contributed by atoms with van der Waals surface area (Å²) in [6, 6.07) is 0. The molecule has 0 heteroatoms. The van der Waals surface area contributed by atoms with E-state index < -0.39 is 0 Å². The average Bonchev–Trinajstić information content (AvgIpc) is 1.60. The molecule has 0 amide bonds. The lowest BCUT2D eigenvalue weighted by molar-refractivity contribution is 0.503. The van der Waals surface area contributed by atoms with Gasteiger partial charge in [-0.15, -0.1) is 0 Å². The quantitative estimate of drug-likeness (QED) is 0.486. The van der Waals surface area contributed by atoms with Crippen LogP contribution >= 0.6 is 0 Å². The zero-order valence-corrected chi connectivity index (χ0v) is 7.65. The minimum absolute atomic E-state index is 0.251. The normalized spacial score (nSPS) is 13.5. The van der Waals surface area contributed by atoms with Crippen molar-refractivity contribution in [2.45, 2.75) is 34.6 Å². The lowest BCUT2D eigenvalue weighted by Gasteiger charge is -2.19. The van der Waals surface area contributed by atoms with Crippen LogP contribution in [-0.2, 0) is 0 Å². The fourth-order valence-electron chi connectivity index (χ4n) is 0.558. The monoisotopic (exact) mass is 137 g/mol. The minimum Gasteiger partial charge on any atom is -0.0677 e. The van der Waals surface area contributed by atoms with Gasteiger partial charge in [-0.05, 0) is 19.3 Å². The number of hydrogen-bond donors (Lipinski definition) is 0. The summed E-state index contributed by atoms with van der Waals surface area (Å²) in [4.78, 5) is 0. The van der Waals surface area contributed by atoms with Crippen LogP contribution in [0.2, 0.25) is 0 Å². The Bertz CT molecular complexity index is 153. The van der Waals surface area contributed by atoms with Crippen molar-refractivity contribution >= 4 is 0 Å². The first-order valence-corrected chi connectivity index (χ1v) is 3.62. The first-order valence-electron chi connectivity index (χ1n) is 3.62. The average molecular weight is 137 g/mol. The van der Waals surface area contributed by atoms with E-state index in [1.54, 1.807) is 0 Å². The van der Waals surface area contributed by atoms with Gasteiger partial charge in [0.1, 0.15) is 0 Å². The first-order chi connectivity index (χ1) is 4.34. The third kappa shape index (κ3) is 3.49. The fraction of sp³-hybridized carbons (Fsp3) is 0.600. The molecular weight excluding hydrogens is 120 g/mol. The Morgan fingerprint density at radius 3 is 1.70 bits per heavy atom. The maximum atomic E-state index is 5.53. The zero-order valence-electron chi connectivity index (χ0n) is 7.65. The van der Waals surface area contributed by atoms with Gasteiger partial charge >= 0.3 is 0 Å². The van der Waals surface area contributed by atoms with Crippen LogP contribution < -0.4 is 0 Å². The van der Waals surface area contributed by atoms with Crippen LogP contribution in [0.4, 0.5) is 0 Å². The molecule has 0 aliphatic carbocycles. The van der Waals surface area contributed by atoms with Crippen molar-refractivity contribution in [3.63, 3.8) is 0 Å². The molecule has 0 fully saturated rings. The highest BCUT2D eigenvalue weighted by atomic mass is 14.2.